The van der Waals surface area contributed by atoms with Crippen LogP contribution in [0.3, 0.4) is 0 Å². The molecule has 3 aliphatic rings. The van der Waals surface area contributed by atoms with Gasteiger partial charge >= 0.3 is 0 Å². The van der Waals surface area contributed by atoms with E-state index >= 15 is 0 Å². The Morgan fingerprint density at radius 1 is 0.397 bits per heavy atom. The summed E-state index contributed by atoms with van der Waals surface area (Å²) in [5, 5.41) is 0. The molecule has 0 saturated heterocycles. The van der Waals surface area contributed by atoms with Gasteiger partial charge in [0.2, 0.25) is 0 Å². The minimum atomic E-state index is -0.224. The molecule has 0 radical (unpaired) electrons. The first kappa shape index (κ1) is 46.0. The highest BCUT2D eigenvalue weighted by Gasteiger charge is 2.47. The van der Waals surface area contributed by atoms with Crippen LogP contribution in [0.4, 0.5) is 34.1 Å². The van der Waals surface area contributed by atoms with E-state index in [2.05, 4.69) is 259 Å². The molecule has 0 bridgehead atoms. The van der Waals surface area contributed by atoms with Gasteiger partial charge in [0.15, 0.2) is 0 Å². The van der Waals surface area contributed by atoms with Crippen molar-refractivity contribution in [1.29, 1.82) is 0 Å². The zero-order chi connectivity index (χ0) is 48.5. The normalized spacial score (nSPS) is 16.2. The third-order valence-corrected chi connectivity index (χ3v) is 16.3. The van der Waals surface area contributed by atoms with Crippen molar-refractivity contribution in [3.63, 3.8) is 0 Å². The molecule has 2 aliphatic heterocycles. The Bertz CT molecular complexity index is 3090. The lowest BCUT2D eigenvalue weighted by Gasteiger charge is -2.48. The maximum atomic E-state index is 2.69. The number of benzene rings is 7. The lowest BCUT2D eigenvalue weighted by molar-refractivity contribution is 0.332. The van der Waals surface area contributed by atoms with Crippen LogP contribution in [-0.2, 0) is 32.5 Å². The highest BCUT2D eigenvalue weighted by molar-refractivity contribution is 7.00. The molecule has 0 fully saturated rings. The van der Waals surface area contributed by atoms with Crippen LogP contribution < -0.4 is 26.2 Å². The van der Waals surface area contributed by atoms with Crippen LogP contribution in [0, 0.1) is 0 Å². The lowest BCUT2D eigenvalue weighted by atomic mass is 9.33. The molecule has 10 rings (SSSR count). The Labute approximate surface area is 409 Å². The van der Waals surface area contributed by atoms with Crippen molar-refractivity contribution in [3.05, 3.63) is 185 Å². The molecule has 7 aromatic rings. The summed E-state index contributed by atoms with van der Waals surface area (Å²) in [6, 6.07) is 56.9. The zero-order valence-electron chi connectivity index (χ0n) is 43.7. The minimum absolute atomic E-state index is 0.00979. The van der Waals surface area contributed by atoms with Crippen molar-refractivity contribution in [3.8, 4) is 11.1 Å². The Morgan fingerprint density at radius 2 is 0.926 bits per heavy atom. The second-order valence-corrected chi connectivity index (χ2v) is 25.4. The highest BCUT2D eigenvalue weighted by Crippen LogP contribution is 2.52. The summed E-state index contributed by atoms with van der Waals surface area (Å²) in [5.41, 5.74) is 23.5. The van der Waals surface area contributed by atoms with Crippen molar-refractivity contribution in [1.82, 2.24) is 0 Å². The molecule has 68 heavy (non-hydrogen) atoms. The molecule has 0 N–H and O–H groups in total. The number of rotatable bonds is 5. The molecule has 0 saturated carbocycles. The first-order valence-corrected chi connectivity index (χ1v) is 25.3. The maximum absolute atomic E-state index is 2.69. The third-order valence-electron chi connectivity index (χ3n) is 16.3. The van der Waals surface area contributed by atoms with Crippen LogP contribution in [0.1, 0.15) is 156 Å². The van der Waals surface area contributed by atoms with Crippen molar-refractivity contribution in [2.24, 2.45) is 0 Å². The van der Waals surface area contributed by atoms with Crippen LogP contribution in [0.15, 0.2) is 146 Å². The van der Waals surface area contributed by atoms with E-state index in [-0.39, 0.29) is 39.2 Å². The van der Waals surface area contributed by atoms with E-state index in [0.717, 1.165) is 12.8 Å². The Hall–Kier alpha value is -5.80. The molecule has 3 heteroatoms. The van der Waals surface area contributed by atoms with E-state index in [1.54, 1.807) is 0 Å². The lowest BCUT2D eigenvalue weighted by Crippen LogP contribution is -2.62. The minimum Gasteiger partial charge on any atom is -0.311 e. The quantitative estimate of drug-likeness (QED) is 0.159. The molecule has 346 valence electrons. The van der Waals surface area contributed by atoms with Crippen molar-refractivity contribution < 1.29 is 0 Å². The van der Waals surface area contributed by atoms with Crippen LogP contribution in [-0.4, -0.2) is 6.71 Å². The maximum Gasteiger partial charge on any atom is 0.252 e. The molecule has 0 atom stereocenters. The summed E-state index contributed by atoms with van der Waals surface area (Å²) in [4.78, 5) is 5.33. The Morgan fingerprint density at radius 3 is 1.56 bits per heavy atom. The molecule has 0 unspecified atom stereocenters. The number of para-hydroxylation sites is 1. The van der Waals surface area contributed by atoms with Gasteiger partial charge in [0.25, 0.3) is 6.71 Å². The van der Waals surface area contributed by atoms with E-state index < -0.39 is 0 Å². The summed E-state index contributed by atoms with van der Waals surface area (Å²) < 4.78 is 0. The standard InChI is InChI=1S/C65H73BN2/c1-60(2,3)43-30-28-42(29-31-43)49-26-19-20-27-54(49)68-56-41-51-50(63(10,11)34-35-64(51,12)13)40-53(56)66-52-33-32-46(65(14,15)44-22-17-16-18-23-44)37-55(52)67(48-25-21-24-45(36-48)61(4,5)6)57-38-47(62(7,8)9)39-58(68)59(57)66/h16-33,36-41H,34-35H2,1-15H3. The monoisotopic (exact) mass is 893 g/mol. The fraction of sp³-hybridized carbons (Fsp3) is 0.354. The van der Waals surface area contributed by atoms with Gasteiger partial charge in [0, 0.05) is 39.4 Å². The molecule has 7 aromatic carbocycles. The summed E-state index contributed by atoms with van der Waals surface area (Å²) in [6.45, 7) is 35.8. The van der Waals surface area contributed by atoms with Gasteiger partial charge in [-0.2, -0.15) is 0 Å². The number of hydrogen-bond acceptors (Lipinski definition) is 2. The molecule has 2 nitrogen and oxygen atoms in total. The van der Waals surface area contributed by atoms with Crippen molar-refractivity contribution in [2.75, 3.05) is 9.80 Å². The summed E-state index contributed by atoms with van der Waals surface area (Å²) in [5.74, 6) is 0. The summed E-state index contributed by atoms with van der Waals surface area (Å²) >= 11 is 0. The van der Waals surface area contributed by atoms with E-state index in [0.29, 0.717) is 0 Å². The van der Waals surface area contributed by atoms with E-state index in [1.807, 2.05) is 0 Å². The van der Waals surface area contributed by atoms with Gasteiger partial charge in [0.1, 0.15) is 0 Å². The zero-order valence-corrected chi connectivity index (χ0v) is 43.7. The highest BCUT2D eigenvalue weighted by atomic mass is 15.2. The topological polar surface area (TPSA) is 6.48 Å². The molecule has 0 amide bonds. The molecule has 2 heterocycles. The van der Waals surface area contributed by atoms with Crippen molar-refractivity contribution in [2.45, 2.75) is 149 Å². The third kappa shape index (κ3) is 7.55. The fourth-order valence-corrected chi connectivity index (χ4v) is 11.6. The number of fused-ring (bicyclic) bond motifs is 5. The SMILES string of the molecule is CC(C)(C)c1ccc(-c2ccccc2N2c3cc4c(cc3B3c5ccc(C(C)(C)c6ccccc6)cc5N(c5cccc(C(C)(C)C)c5)c5cc(C(C)(C)C)cc2c53)C(C)(C)CCC4(C)C)cc1. The van der Waals surface area contributed by atoms with Gasteiger partial charge in [-0.15, -0.1) is 0 Å². The van der Waals surface area contributed by atoms with E-state index in [4.69, 9.17) is 0 Å². The van der Waals surface area contributed by atoms with Crippen molar-refractivity contribution >= 4 is 57.2 Å². The summed E-state index contributed by atoms with van der Waals surface area (Å²) in [7, 11) is 0. The van der Waals surface area contributed by atoms with Crippen LogP contribution in [0.2, 0.25) is 0 Å². The van der Waals surface area contributed by atoms with Gasteiger partial charge in [0.05, 0.1) is 5.69 Å². The second-order valence-electron chi connectivity index (χ2n) is 25.4. The fourth-order valence-electron chi connectivity index (χ4n) is 11.6. The Balaban J connectivity index is 1.34. The van der Waals surface area contributed by atoms with Crippen LogP contribution in [0.5, 0.6) is 0 Å². The molecule has 0 spiro atoms. The average molecular weight is 893 g/mol. The van der Waals surface area contributed by atoms with Gasteiger partial charge < -0.3 is 9.80 Å². The first-order valence-electron chi connectivity index (χ1n) is 25.3. The first-order chi connectivity index (χ1) is 31.9. The van der Waals surface area contributed by atoms with Crippen LogP contribution >= 0.6 is 0 Å². The number of nitrogens with zero attached hydrogens (tertiary/aromatic N) is 2. The average Bonchev–Trinajstić information content (AvgIpc) is 3.29. The second kappa shape index (κ2) is 15.6. The molecular formula is C65H73BN2. The predicted octanol–water partition coefficient (Wildman–Crippen LogP) is 16.0. The molecular weight excluding hydrogens is 820 g/mol. The molecule has 1 aliphatic carbocycles. The summed E-state index contributed by atoms with van der Waals surface area (Å²) in [6.07, 6.45) is 2.32. The number of anilines is 6. The smallest absolute Gasteiger partial charge is 0.252 e. The van der Waals surface area contributed by atoms with Gasteiger partial charge in [-0.1, -0.05) is 207 Å². The Kier molecular flexibility index (Phi) is 10.6. The van der Waals surface area contributed by atoms with Gasteiger partial charge in [-0.3, -0.25) is 0 Å². The predicted molar refractivity (Wildman–Crippen MR) is 296 cm³/mol. The van der Waals surface area contributed by atoms with E-state index in [1.165, 1.54) is 101 Å². The van der Waals surface area contributed by atoms with E-state index in [9.17, 15) is 0 Å². The van der Waals surface area contributed by atoms with Gasteiger partial charge in [-0.05, 0) is 143 Å². The molecule has 0 aromatic heterocycles. The largest absolute Gasteiger partial charge is 0.311 e. The van der Waals surface area contributed by atoms with Gasteiger partial charge in [-0.25, -0.2) is 0 Å². The number of hydrogen-bond donors (Lipinski definition) is 0. The van der Waals surface area contributed by atoms with Crippen LogP contribution in [0.25, 0.3) is 11.1 Å².